The number of carbonyl (C=O) groups is 1. The molecule has 1 aromatic heterocycles. The van der Waals surface area contributed by atoms with Gasteiger partial charge in [-0.2, -0.15) is 0 Å². The Labute approximate surface area is 152 Å². The number of amides is 1. The second-order valence-electron chi connectivity index (χ2n) is 5.15. The molecule has 3 rings (SSSR count). The molecule has 1 N–H and O–H groups in total. The molecule has 0 saturated heterocycles. The van der Waals surface area contributed by atoms with Crippen LogP contribution in [0, 0.1) is 9.39 Å². The van der Waals surface area contributed by atoms with E-state index in [1.165, 1.54) is 12.1 Å². The summed E-state index contributed by atoms with van der Waals surface area (Å²) in [5, 5.41) is 2.87. The Balaban J connectivity index is 1.58. The molecule has 0 aliphatic heterocycles. The summed E-state index contributed by atoms with van der Waals surface area (Å²) in [6.45, 7) is 0. The average molecular weight is 436 g/mol. The van der Waals surface area contributed by atoms with Crippen LogP contribution in [0.2, 0.25) is 0 Å². The number of rotatable bonds is 5. The van der Waals surface area contributed by atoms with E-state index < -0.39 is 0 Å². The van der Waals surface area contributed by atoms with Gasteiger partial charge < -0.3 is 9.73 Å². The van der Waals surface area contributed by atoms with Crippen LogP contribution in [0.25, 0.3) is 11.3 Å². The summed E-state index contributed by atoms with van der Waals surface area (Å²) in [6, 6.07) is 13.6. The van der Waals surface area contributed by atoms with Crippen LogP contribution in [0.15, 0.2) is 59.1 Å². The Morgan fingerprint density at radius 1 is 1.17 bits per heavy atom. The molecular weight excluding hydrogens is 422 g/mol. The fourth-order valence-corrected chi connectivity index (χ4v) is 2.69. The Hall–Kier alpha value is -2.22. The third-order valence-corrected chi connectivity index (χ3v) is 4.34. The van der Waals surface area contributed by atoms with Gasteiger partial charge >= 0.3 is 0 Å². The van der Waals surface area contributed by atoms with Gasteiger partial charge in [0.2, 0.25) is 5.91 Å². The van der Waals surface area contributed by atoms with Gasteiger partial charge in [0.15, 0.2) is 11.7 Å². The molecule has 24 heavy (non-hydrogen) atoms. The Morgan fingerprint density at radius 3 is 2.67 bits per heavy atom. The average Bonchev–Trinajstić information content (AvgIpc) is 3.05. The van der Waals surface area contributed by atoms with E-state index in [1.54, 1.807) is 18.3 Å². The van der Waals surface area contributed by atoms with Crippen molar-refractivity contribution in [1.29, 1.82) is 0 Å². The van der Waals surface area contributed by atoms with Crippen LogP contribution in [0.1, 0.15) is 12.3 Å². The van der Waals surface area contributed by atoms with Gasteiger partial charge in [0.05, 0.1) is 11.9 Å². The van der Waals surface area contributed by atoms with Gasteiger partial charge in [-0.25, -0.2) is 9.37 Å². The maximum Gasteiger partial charge on any atom is 0.224 e. The summed E-state index contributed by atoms with van der Waals surface area (Å²) in [6.07, 6.45) is 2.26. The first-order chi connectivity index (χ1) is 11.6. The van der Waals surface area contributed by atoms with Gasteiger partial charge in [-0.1, -0.05) is 12.1 Å². The van der Waals surface area contributed by atoms with E-state index in [-0.39, 0.29) is 18.1 Å². The molecule has 0 radical (unpaired) electrons. The number of nitrogens with zero attached hydrogens (tertiary/aromatic N) is 1. The van der Waals surface area contributed by atoms with Crippen molar-refractivity contribution in [3.05, 3.63) is 70.0 Å². The molecular formula is C18H14FIN2O2. The molecule has 122 valence electrons. The molecule has 6 heteroatoms. The molecule has 0 spiro atoms. The van der Waals surface area contributed by atoms with Crippen molar-refractivity contribution in [2.45, 2.75) is 12.8 Å². The lowest BCUT2D eigenvalue weighted by atomic mass is 10.2. The molecule has 2 aromatic carbocycles. The SMILES string of the molecule is O=C(CCc1ncc(-c2ccc(F)cc2)o1)Nc1ccccc1I. The fourth-order valence-electron chi connectivity index (χ4n) is 2.17. The van der Waals surface area contributed by atoms with Gasteiger partial charge in [-0.3, -0.25) is 4.79 Å². The summed E-state index contributed by atoms with van der Waals surface area (Å²) in [4.78, 5) is 16.2. The lowest BCUT2D eigenvalue weighted by molar-refractivity contribution is -0.116. The largest absolute Gasteiger partial charge is 0.441 e. The summed E-state index contributed by atoms with van der Waals surface area (Å²) in [5.74, 6) is 0.640. The van der Waals surface area contributed by atoms with E-state index in [4.69, 9.17) is 4.42 Å². The molecule has 1 amide bonds. The quantitative estimate of drug-likeness (QED) is 0.593. The van der Waals surface area contributed by atoms with Crippen LogP contribution in [-0.2, 0) is 11.2 Å². The Kier molecular flexibility index (Phi) is 5.24. The molecule has 0 saturated carbocycles. The molecule has 0 atom stereocenters. The van der Waals surface area contributed by atoms with Crippen LogP contribution in [0.5, 0.6) is 0 Å². The van der Waals surface area contributed by atoms with Gasteiger partial charge in [-0.05, 0) is 59.0 Å². The molecule has 0 aliphatic rings. The summed E-state index contributed by atoms with van der Waals surface area (Å²) in [7, 11) is 0. The highest BCUT2D eigenvalue weighted by atomic mass is 127. The predicted octanol–water partition coefficient (Wildman–Crippen LogP) is 4.66. The summed E-state index contributed by atoms with van der Waals surface area (Å²) >= 11 is 2.17. The zero-order valence-corrected chi connectivity index (χ0v) is 14.8. The van der Waals surface area contributed by atoms with Crippen molar-refractivity contribution < 1.29 is 13.6 Å². The highest BCUT2D eigenvalue weighted by Gasteiger charge is 2.10. The number of aromatic nitrogens is 1. The minimum absolute atomic E-state index is 0.0966. The Bertz CT molecular complexity index is 846. The van der Waals surface area contributed by atoms with Crippen molar-refractivity contribution in [3.63, 3.8) is 0 Å². The smallest absolute Gasteiger partial charge is 0.224 e. The normalized spacial score (nSPS) is 10.6. The molecule has 0 unspecified atom stereocenters. The number of carbonyl (C=O) groups excluding carboxylic acids is 1. The van der Waals surface area contributed by atoms with E-state index in [0.717, 1.165) is 14.8 Å². The van der Waals surface area contributed by atoms with Gasteiger partial charge in [0.1, 0.15) is 5.82 Å². The highest BCUT2D eigenvalue weighted by molar-refractivity contribution is 14.1. The monoisotopic (exact) mass is 436 g/mol. The van der Waals surface area contributed by atoms with E-state index in [1.807, 2.05) is 24.3 Å². The standard InChI is InChI=1S/C18H14FIN2O2/c19-13-7-5-12(6-8-13)16-11-21-18(24-16)10-9-17(23)22-15-4-2-1-3-14(15)20/h1-8,11H,9-10H2,(H,22,23). The highest BCUT2D eigenvalue weighted by Crippen LogP contribution is 2.21. The van der Waals surface area contributed by atoms with Crippen molar-refractivity contribution in [2.24, 2.45) is 0 Å². The minimum Gasteiger partial charge on any atom is -0.441 e. The zero-order chi connectivity index (χ0) is 16.9. The van der Waals surface area contributed by atoms with Crippen molar-refractivity contribution >= 4 is 34.2 Å². The summed E-state index contributed by atoms with van der Waals surface area (Å²) < 4.78 is 19.5. The maximum atomic E-state index is 12.9. The van der Waals surface area contributed by atoms with Crippen LogP contribution < -0.4 is 5.32 Å². The number of aryl methyl sites for hydroxylation is 1. The van der Waals surface area contributed by atoms with Crippen molar-refractivity contribution in [1.82, 2.24) is 4.98 Å². The minimum atomic E-state index is -0.300. The third kappa shape index (κ3) is 4.19. The van der Waals surface area contributed by atoms with Gasteiger partial charge in [0, 0.05) is 22.0 Å². The number of anilines is 1. The first-order valence-corrected chi connectivity index (χ1v) is 8.45. The first kappa shape index (κ1) is 16.6. The van der Waals surface area contributed by atoms with Crippen LogP contribution in [-0.4, -0.2) is 10.9 Å². The van der Waals surface area contributed by atoms with Crippen LogP contribution >= 0.6 is 22.6 Å². The molecule has 0 bridgehead atoms. The topological polar surface area (TPSA) is 55.1 Å². The van der Waals surface area contributed by atoms with E-state index >= 15 is 0 Å². The van der Waals surface area contributed by atoms with Gasteiger partial charge in [-0.15, -0.1) is 0 Å². The second-order valence-corrected chi connectivity index (χ2v) is 6.32. The fraction of sp³-hybridized carbons (Fsp3) is 0.111. The first-order valence-electron chi connectivity index (χ1n) is 7.37. The lowest BCUT2D eigenvalue weighted by Gasteiger charge is -2.06. The maximum absolute atomic E-state index is 12.9. The molecule has 1 heterocycles. The number of hydrogen-bond acceptors (Lipinski definition) is 3. The number of oxazole rings is 1. The van der Waals surface area contributed by atoms with E-state index in [2.05, 4.69) is 32.9 Å². The molecule has 3 aromatic rings. The lowest BCUT2D eigenvalue weighted by Crippen LogP contribution is -2.13. The summed E-state index contributed by atoms with van der Waals surface area (Å²) in [5.41, 5.74) is 1.54. The second kappa shape index (κ2) is 7.57. The van der Waals surface area contributed by atoms with E-state index in [9.17, 15) is 9.18 Å². The number of benzene rings is 2. The third-order valence-electron chi connectivity index (χ3n) is 3.40. The number of nitrogens with one attached hydrogen (secondary N) is 1. The molecule has 0 aliphatic carbocycles. The molecule has 4 nitrogen and oxygen atoms in total. The molecule has 0 fully saturated rings. The number of halogens is 2. The number of para-hydroxylation sites is 1. The van der Waals surface area contributed by atoms with Crippen molar-refractivity contribution in [2.75, 3.05) is 5.32 Å². The predicted molar refractivity (Wildman–Crippen MR) is 98.0 cm³/mol. The van der Waals surface area contributed by atoms with Crippen molar-refractivity contribution in [3.8, 4) is 11.3 Å². The van der Waals surface area contributed by atoms with Gasteiger partial charge in [0.25, 0.3) is 0 Å². The Morgan fingerprint density at radius 2 is 1.92 bits per heavy atom. The number of hydrogen-bond donors (Lipinski definition) is 1. The zero-order valence-electron chi connectivity index (χ0n) is 12.6. The van der Waals surface area contributed by atoms with Crippen LogP contribution in [0.4, 0.5) is 10.1 Å². The van der Waals surface area contributed by atoms with E-state index in [0.29, 0.717) is 18.1 Å². The van der Waals surface area contributed by atoms with Crippen LogP contribution in [0.3, 0.4) is 0 Å².